The molecule has 94 valence electrons. The van der Waals surface area contributed by atoms with Crippen LogP contribution in [0.3, 0.4) is 0 Å². The number of piperazine rings is 1. The van der Waals surface area contributed by atoms with Gasteiger partial charge in [-0.25, -0.2) is 0 Å². The summed E-state index contributed by atoms with van der Waals surface area (Å²) < 4.78 is 0. The van der Waals surface area contributed by atoms with Gasteiger partial charge < -0.3 is 10.6 Å². The number of likely N-dealkylation sites (N-methyl/N-ethyl adjacent to an activating group) is 1. The van der Waals surface area contributed by atoms with Crippen LogP contribution in [0.1, 0.15) is 11.1 Å². The van der Waals surface area contributed by atoms with Gasteiger partial charge in [-0.1, -0.05) is 12.1 Å². The smallest absolute Gasteiger partial charge is 0.0399 e. The van der Waals surface area contributed by atoms with Crippen molar-refractivity contribution in [2.75, 3.05) is 38.1 Å². The van der Waals surface area contributed by atoms with Crippen LogP contribution in [0.5, 0.6) is 0 Å². The van der Waals surface area contributed by atoms with E-state index >= 15 is 0 Å². The van der Waals surface area contributed by atoms with Gasteiger partial charge in [-0.15, -0.1) is 0 Å². The Morgan fingerprint density at radius 2 is 2.06 bits per heavy atom. The lowest BCUT2D eigenvalue weighted by molar-refractivity contribution is 0.224. The van der Waals surface area contributed by atoms with Crippen LogP contribution in [-0.4, -0.2) is 44.2 Å². The average molecular weight is 233 g/mol. The zero-order valence-corrected chi connectivity index (χ0v) is 11.1. The van der Waals surface area contributed by atoms with E-state index in [1.807, 2.05) is 0 Å². The Morgan fingerprint density at radius 1 is 1.29 bits per heavy atom. The topological polar surface area (TPSA) is 32.5 Å². The van der Waals surface area contributed by atoms with Gasteiger partial charge in [-0.05, 0) is 38.1 Å². The molecule has 0 amide bonds. The third kappa shape index (κ3) is 2.45. The summed E-state index contributed by atoms with van der Waals surface area (Å²) in [7, 11) is 2.16. The monoisotopic (exact) mass is 233 g/mol. The van der Waals surface area contributed by atoms with Crippen molar-refractivity contribution in [3.05, 3.63) is 29.3 Å². The summed E-state index contributed by atoms with van der Waals surface area (Å²) in [5, 5.41) is 0. The first-order valence-electron chi connectivity index (χ1n) is 6.35. The van der Waals surface area contributed by atoms with Gasteiger partial charge in [-0.3, -0.25) is 4.90 Å². The zero-order chi connectivity index (χ0) is 12.4. The highest BCUT2D eigenvalue weighted by Crippen LogP contribution is 2.24. The lowest BCUT2D eigenvalue weighted by Crippen LogP contribution is -2.54. The SMILES string of the molecule is Cc1cccc(N2CCN(C)C(CN)C2)c1C. The molecule has 0 saturated carbocycles. The second kappa shape index (κ2) is 5.07. The van der Waals surface area contributed by atoms with Gasteiger partial charge in [0.2, 0.25) is 0 Å². The quantitative estimate of drug-likeness (QED) is 0.837. The molecule has 0 radical (unpaired) electrons. The first-order chi connectivity index (χ1) is 8.13. The molecule has 1 unspecified atom stereocenters. The zero-order valence-electron chi connectivity index (χ0n) is 11.1. The van der Waals surface area contributed by atoms with E-state index in [2.05, 4.69) is 48.9 Å². The number of rotatable bonds is 2. The number of nitrogens with two attached hydrogens (primary N) is 1. The molecule has 3 heteroatoms. The highest BCUT2D eigenvalue weighted by atomic mass is 15.3. The molecule has 1 aliphatic heterocycles. The molecule has 0 spiro atoms. The fourth-order valence-electron chi connectivity index (χ4n) is 2.50. The van der Waals surface area contributed by atoms with Gasteiger partial charge in [-0.2, -0.15) is 0 Å². The van der Waals surface area contributed by atoms with Gasteiger partial charge in [0.15, 0.2) is 0 Å². The largest absolute Gasteiger partial charge is 0.368 e. The van der Waals surface area contributed by atoms with Crippen LogP contribution >= 0.6 is 0 Å². The van der Waals surface area contributed by atoms with Crippen LogP contribution in [0.25, 0.3) is 0 Å². The van der Waals surface area contributed by atoms with Crippen LogP contribution in [0.15, 0.2) is 18.2 Å². The Balaban J connectivity index is 2.20. The van der Waals surface area contributed by atoms with Gasteiger partial charge in [0.1, 0.15) is 0 Å². The van der Waals surface area contributed by atoms with Gasteiger partial charge in [0.05, 0.1) is 0 Å². The molecule has 0 aliphatic carbocycles. The van der Waals surface area contributed by atoms with Crippen molar-refractivity contribution >= 4 is 5.69 Å². The van der Waals surface area contributed by atoms with Crippen molar-refractivity contribution in [3.63, 3.8) is 0 Å². The van der Waals surface area contributed by atoms with Gasteiger partial charge in [0, 0.05) is 37.9 Å². The minimum Gasteiger partial charge on any atom is -0.368 e. The normalized spacial score (nSPS) is 21.9. The summed E-state index contributed by atoms with van der Waals surface area (Å²) in [5.74, 6) is 0. The molecule has 1 atom stereocenters. The van der Waals surface area contributed by atoms with Crippen LogP contribution in [0.4, 0.5) is 5.69 Å². The molecule has 0 aromatic heterocycles. The van der Waals surface area contributed by atoms with E-state index in [1.54, 1.807) is 0 Å². The maximum absolute atomic E-state index is 5.83. The predicted molar refractivity (Wildman–Crippen MR) is 73.6 cm³/mol. The van der Waals surface area contributed by atoms with Crippen molar-refractivity contribution in [1.29, 1.82) is 0 Å². The van der Waals surface area contributed by atoms with Crippen molar-refractivity contribution in [3.8, 4) is 0 Å². The standard InChI is InChI=1S/C14H23N3/c1-11-5-4-6-14(12(11)2)17-8-7-16(3)13(9-15)10-17/h4-6,13H,7-10,15H2,1-3H3. The summed E-state index contributed by atoms with van der Waals surface area (Å²) in [4.78, 5) is 4.83. The van der Waals surface area contributed by atoms with E-state index in [9.17, 15) is 0 Å². The molecule has 1 fully saturated rings. The third-order valence-corrected chi connectivity index (χ3v) is 3.97. The first-order valence-corrected chi connectivity index (χ1v) is 6.35. The lowest BCUT2D eigenvalue weighted by Gasteiger charge is -2.40. The Kier molecular flexibility index (Phi) is 3.69. The molecule has 0 bridgehead atoms. The number of nitrogens with zero attached hydrogens (tertiary/aromatic N) is 2. The molecule has 2 rings (SSSR count). The molecule has 1 aromatic rings. The fourth-order valence-corrected chi connectivity index (χ4v) is 2.50. The predicted octanol–water partition coefficient (Wildman–Crippen LogP) is 1.38. The molecule has 1 aromatic carbocycles. The van der Waals surface area contributed by atoms with E-state index in [4.69, 9.17) is 5.73 Å². The summed E-state index contributed by atoms with van der Waals surface area (Å²) >= 11 is 0. The average Bonchev–Trinajstić information content (AvgIpc) is 2.34. The van der Waals surface area contributed by atoms with Crippen molar-refractivity contribution < 1.29 is 0 Å². The number of benzene rings is 1. The van der Waals surface area contributed by atoms with E-state index in [0.717, 1.165) is 26.2 Å². The maximum atomic E-state index is 5.83. The number of anilines is 1. The number of hydrogen-bond acceptors (Lipinski definition) is 3. The molecular weight excluding hydrogens is 210 g/mol. The Hall–Kier alpha value is -1.06. The maximum Gasteiger partial charge on any atom is 0.0399 e. The van der Waals surface area contributed by atoms with Crippen molar-refractivity contribution in [1.82, 2.24) is 4.90 Å². The van der Waals surface area contributed by atoms with E-state index in [1.165, 1.54) is 16.8 Å². The van der Waals surface area contributed by atoms with Crippen molar-refractivity contribution in [2.45, 2.75) is 19.9 Å². The number of aryl methyl sites for hydroxylation is 1. The number of hydrogen-bond donors (Lipinski definition) is 1. The second-order valence-corrected chi connectivity index (χ2v) is 5.04. The van der Waals surface area contributed by atoms with E-state index in [0.29, 0.717) is 6.04 Å². The van der Waals surface area contributed by atoms with Crippen molar-refractivity contribution in [2.24, 2.45) is 5.73 Å². The third-order valence-electron chi connectivity index (χ3n) is 3.97. The highest BCUT2D eigenvalue weighted by molar-refractivity contribution is 5.56. The van der Waals surface area contributed by atoms with Crippen LogP contribution < -0.4 is 10.6 Å². The van der Waals surface area contributed by atoms with E-state index in [-0.39, 0.29) is 0 Å². The summed E-state index contributed by atoms with van der Waals surface area (Å²) in [6, 6.07) is 7.02. The molecule has 1 aliphatic rings. The molecule has 3 nitrogen and oxygen atoms in total. The first kappa shape index (κ1) is 12.4. The van der Waals surface area contributed by atoms with E-state index < -0.39 is 0 Å². The van der Waals surface area contributed by atoms with Gasteiger partial charge >= 0.3 is 0 Å². The molecule has 2 N–H and O–H groups in total. The summed E-state index contributed by atoms with van der Waals surface area (Å²) in [5.41, 5.74) is 9.97. The minimum absolute atomic E-state index is 0.476. The van der Waals surface area contributed by atoms with Crippen LogP contribution in [-0.2, 0) is 0 Å². The fraction of sp³-hybridized carbons (Fsp3) is 0.571. The Morgan fingerprint density at radius 3 is 2.76 bits per heavy atom. The Labute approximate surface area is 104 Å². The molecular formula is C14H23N3. The lowest BCUT2D eigenvalue weighted by atomic mass is 10.1. The Bertz CT molecular complexity index is 389. The second-order valence-electron chi connectivity index (χ2n) is 5.04. The molecule has 1 saturated heterocycles. The van der Waals surface area contributed by atoms with Crippen LogP contribution in [0.2, 0.25) is 0 Å². The summed E-state index contributed by atoms with van der Waals surface area (Å²) in [6.45, 7) is 8.34. The molecule has 17 heavy (non-hydrogen) atoms. The summed E-state index contributed by atoms with van der Waals surface area (Å²) in [6.07, 6.45) is 0. The van der Waals surface area contributed by atoms with Gasteiger partial charge in [0.25, 0.3) is 0 Å². The molecule has 1 heterocycles. The minimum atomic E-state index is 0.476. The van der Waals surface area contributed by atoms with Crippen LogP contribution in [0, 0.1) is 13.8 Å². The highest BCUT2D eigenvalue weighted by Gasteiger charge is 2.24.